The molecule has 2 aliphatic heterocycles. The average Bonchev–Trinajstić information content (AvgIpc) is 3.11. The SMILES string of the molecule is C[C@H](O)[C@@H]1CCN(C(=O)NC[C@H]2CCCN(Cc3ccccc3)C2)C1. The van der Waals surface area contributed by atoms with Crippen LogP contribution in [0.5, 0.6) is 0 Å². The number of aliphatic hydroxyl groups excluding tert-OH is 1. The van der Waals surface area contributed by atoms with Gasteiger partial charge in [0.05, 0.1) is 6.10 Å². The Bertz CT molecular complexity index is 549. The Morgan fingerprint density at radius 3 is 2.76 bits per heavy atom. The van der Waals surface area contributed by atoms with Gasteiger partial charge < -0.3 is 15.3 Å². The molecule has 5 nitrogen and oxygen atoms in total. The van der Waals surface area contributed by atoms with Crippen LogP contribution in [-0.2, 0) is 6.54 Å². The van der Waals surface area contributed by atoms with Gasteiger partial charge in [-0.1, -0.05) is 30.3 Å². The van der Waals surface area contributed by atoms with Crippen LogP contribution < -0.4 is 5.32 Å². The molecule has 0 saturated carbocycles. The summed E-state index contributed by atoms with van der Waals surface area (Å²) in [6, 6.07) is 10.6. The molecule has 2 amide bonds. The van der Waals surface area contributed by atoms with E-state index in [0.717, 1.165) is 39.1 Å². The van der Waals surface area contributed by atoms with E-state index < -0.39 is 0 Å². The van der Waals surface area contributed by atoms with E-state index in [9.17, 15) is 9.90 Å². The van der Waals surface area contributed by atoms with E-state index in [1.54, 1.807) is 0 Å². The quantitative estimate of drug-likeness (QED) is 0.861. The predicted molar refractivity (Wildman–Crippen MR) is 99.2 cm³/mol. The summed E-state index contributed by atoms with van der Waals surface area (Å²) >= 11 is 0. The molecule has 3 rings (SSSR count). The van der Waals surface area contributed by atoms with E-state index in [4.69, 9.17) is 0 Å². The van der Waals surface area contributed by atoms with Gasteiger partial charge in [0.2, 0.25) is 0 Å². The molecule has 0 aromatic heterocycles. The van der Waals surface area contributed by atoms with Gasteiger partial charge in [0.1, 0.15) is 0 Å². The molecule has 0 radical (unpaired) electrons. The van der Waals surface area contributed by atoms with E-state index in [-0.39, 0.29) is 18.1 Å². The number of amides is 2. The summed E-state index contributed by atoms with van der Waals surface area (Å²) in [5.74, 6) is 0.748. The monoisotopic (exact) mass is 345 g/mol. The van der Waals surface area contributed by atoms with E-state index >= 15 is 0 Å². The molecule has 2 N–H and O–H groups in total. The van der Waals surface area contributed by atoms with Crippen molar-refractivity contribution in [3.05, 3.63) is 35.9 Å². The van der Waals surface area contributed by atoms with Crippen molar-refractivity contribution in [1.29, 1.82) is 0 Å². The number of piperidine rings is 1. The minimum atomic E-state index is -0.331. The fourth-order valence-electron chi connectivity index (χ4n) is 4.01. The van der Waals surface area contributed by atoms with Gasteiger partial charge >= 0.3 is 6.03 Å². The molecule has 5 heteroatoms. The number of nitrogens with zero attached hydrogens (tertiary/aromatic N) is 2. The molecule has 25 heavy (non-hydrogen) atoms. The molecule has 2 saturated heterocycles. The molecule has 2 aliphatic rings. The summed E-state index contributed by atoms with van der Waals surface area (Å²) in [7, 11) is 0. The number of urea groups is 1. The zero-order chi connectivity index (χ0) is 17.6. The first kappa shape index (κ1) is 18.2. The normalized spacial score (nSPS) is 25.8. The van der Waals surface area contributed by atoms with Gasteiger partial charge in [-0.05, 0) is 44.2 Å². The fourth-order valence-corrected chi connectivity index (χ4v) is 4.01. The lowest BCUT2D eigenvalue weighted by Gasteiger charge is -2.33. The van der Waals surface area contributed by atoms with E-state index in [0.29, 0.717) is 12.5 Å². The van der Waals surface area contributed by atoms with Crippen molar-refractivity contribution in [2.75, 3.05) is 32.7 Å². The minimum Gasteiger partial charge on any atom is -0.393 e. The highest BCUT2D eigenvalue weighted by Crippen LogP contribution is 2.21. The van der Waals surface area contributed by atoms with E-state index in [2.05, 4.69) is 40.5 Å². The molecule has 1 aromatic rings. The molecule has 138 valence electrons. The first-order valence-electron chi connectivity index (χ1n) is 9.59. The van der Waals surface area contributed by atoms with Crippen molar-refractivity contribution < 1.29 is 9.90 Å². The Balaban J connectivity index is 1.41. The van der Waals surface area contributed by atoms with Crippen molar-refractivity contribution in [2.45, 2.75) is 38.8 Å². The lowest BCUT2D eigenvalue weighted by Crippen LogP contribution is -2.44. The summed E-state index contributed by atoms with van der Waals surface area (Å²) in [5.41, 5.74) is 1.36. The second-order valence-corrected chi connectivity index (χ2v) is 7.65. The highest BCUT2D eigenvalue weighted by Gasteiger charge is 2.29. The van der Waals surface area contributed by atoms with Crippen LogP contribution in [0.3, 0.4) is 0 Å². The molecule has 2 fully saturated rings. The zero-order valence-corrected chi connectivity index (χ0v) is 15.2. The zero-order valence-electron chi connectivity index (χ0n) is 15.2. The Hall–Kier alpha value is -1.59. The largest absolute Gasteiger partial charge is 0.393 e. The van der Waals surface area contributed by atoms with Crippen molar-refractivity contribution in [3.63, 3.8) is 0 Å². The lowest BCUT2D eigenvalue weighted by molar-refractivity contribution is 0.128. The number of hydrogen-bond acceptors (Lipinski definition) is 3. The molecule has 0 aliphatic carbocycles. The average molecular weight is 345 g/mol. The van der Waals surface area contributed by atoms with Crippen LogP contribution in [0.2, 0.25) is 0 Å². The maximum atomic E-state index is 12.3. The minimum absolute atomic E-state index is 0.0309. The van der Waals surface area contributed by atoms with E-state index in [1.165, 1.54) is 18.4 Å². The topological polar surface area (TPSA) is 55.8 Å². The number of carbonyl (C=O) groups excluding carboxylic acids is 1. The maximum Gasteiger partial charge on any atom is 0.317 e. The Labute approximate surface area is 151 Å². The van der Waals surface area contributed by atoms with Gasteiger partial charge in [0.25, 0.3) is 0 Å². The van der Waals surface area contributed by atoms with Gasteiger partial charge in [-0.3, -0.25) is 4.90 Å². The summed E-state index contributed by atoms with van der Waals surface area (Å²) < 4.78 is 0. The molecule has 1 aromatic carbocycles. The van der Waals surface area contributed by atoms with Gasteiger partial charge in [-0.15, -0.1) is 0 Å². The molecule has 0 unspecified atom stereocenters. The Kier molecular flexibility index (Phi) is 6.32. The molecular weight excluding hydrogens is 314 g/mol. The van der Waals surface area contributed by atoms with Crippen LogP contribution in [0.1, 0.15) is 31.7 Å². The molecule has 0 bridgehead atoms. The third-order valence-electron chi connectivity index (χ3n) is 5.59. The van der Waals surface area contributed by atoms with Crippen molar-refractivity contribution in [1.82, 2.24) is 15.1 Å². The van der Waals surface area contributed by atoms with Crippen molar-refractivity contribution in [2.24, 2.45) is 11.8 Å². The summed E-state index contributed by atoms with van der Waals surface area (Å²) in [6.07, 6.45) is 2.95. The van der Waals surface area contributed by atoms with Crippen LogP contribution in [0.4, 0.5) is 4.79 Å². The van der Waals surface area contributed by atoms with Gasteiger partial charge in [0, 0.05) is 38.6 Å². The second-order valence-electron chi connectivity index (χ2n) is 7.65. The highest BCUT2D eigenvalue weighted by molar-refractivity contribution is 5.74. The van der Waals surface area contributed by atoms with Crippen LogP contribution in [0.25, 0.3) is 0 Å². The molecule has 3 atom stereocenters. The number of aliphatic hydroxyl groups is 1. The maximum absolute atomic E-state index is 12.3. The first-order valence-corrected chi connectivity index (χ1v) is 9.59. The summed E-state index contributed by atoms with van der Waals surface area (Å²) in [4.78, 5) is 16.7. The van der Waals surface area contributed by atoms with E-state index in [1.807, 2.05) is 11.8 Å². The summed E-state index contributed by atoms with van der Waals surface area (Å²) in [5, 5.41) is 12.8. The van der Waals surface area contributed by atoms with Crippen molar-refractivity contribution in [3.8, 4) is 0 Å². The number of nitrogens with one attached hydrogen (secondary N) is 1. The number of benzene rings is 1. The Morgan fingerprint density at radius 2 is 2.04 bits per heavy atom. The standard InChI is InChI=1S/C20H31N3O2/c1-16(24)19-9-11-23(15-19)20(25)21-12-18-8-5-10-22(14-18)13-17-6-3-2-4-7-17/h2-4,6-7,16,18-19,24H,5,8-15H2,1H3,(H,21,25)/t16-,18+,19+/m0/s1. The number of hydrogen-bond donors (Lipinski definition) is 2. The first-order chi connectivity index (χ1) is 12.1. The molecule has 0 spiro atoms. The number of likely N-dealkylation sites (tertiary alicyclic amines) is 2. The van der Waals surface area contributed by atoms with Crippen molar-refractivity contribution >= 4 is 6.03 Å². The van der Waals surface area contributed by atoms with Crippen LogP contribution in [0.15, 0.2) is 30.3 Å². The number of rotatable bonds is 5. The van der Waals surface area contributed by atoms with Gasteiger partial charge in [0.15, 0.2) is 0 Å². The van der Waals surface area contributed by atoms with Gasteiger partial charge in [-0.2, -0.15) is 0 Å². The third kappa shape index (κ3) is 5.19. The smallest absolute Gasteiger partial charge is 0.317 e. The van der Waals surface area contributed by atoms with Crippen LogP contribution >= 0.6 is 0 Å². The predicted octanol–water partition coefficient (Wildman–Crippen LogP) is 2.31. The highest BCUT2D eigenvalue weighted by atomic mass is 16.3. The van der Waals surface area contributed by atoms with Crippen LogP contribution in [-0.4, -0.2) is 59.8 Å². The second kappa shape index (κ2) is 8.68. The van der Waals surface area contributed by atoms with Crippen LogP contribution in [0, 0.1) is 11.8 Å². The number of carbonyl (C=O) groups is 1. The summed E-state index contributed by atoms with van der Waals surface area (Å²) in [6.45, 7) is 7.18. The van der Waals surface area contributed by atoms with Gasteiger partial charge in [-0.25, -0.2) is 4.79 Å². The third-order valence-corrected chi connectivity index (χ3v) is 5.59. The lowest BCUT2D eigenvalue weighted by atomic mass is 9.97. The Morgan fingerprint density at radius 1 is 1.24 bits per heavy atom. The fraction of sp³-hybridized carbons (Fsp3) is 0.650. The molecule has 2 heterocycles. The molecular formula is C20H31N3O2.